The molecule has 0 radical (unpaired) electrons. The van der Waals surface area contributed by atoms with Crippen molar-refractivity contribution in [3.05, 3.63) is 54.2 Å². The SMILES string of the molecule is NC(=O)c1cc(CC2[C@H]3C[C@@H](Oc4ccc5ccncc5c4)C[C@H]3CN2C(=O)O)on1. The fraction of sp³-hybridized carbons (Fsp3) is 0.364. The van der Waals surface area contributed by atoms with Crippen LogP contribution in [-0.4, -0.2) is 50.8 Å². The first kappa shape index (κ1) is 19.3. The Morgan fingerprint density at radius 3 is 2.87 bits per heavy atom. The molecule has 9 heteroatoms. The van der Waals surface area contributed by atoms with Gasteiger partial charge in [0.15, 0.2) is 5.69 Å². The van der Waals surface area contributed by atoms with Crippen LogP contribution in [0.5, 0.6) is 5.75 Å². The highest BCUT2D eigenvalue weighted by Crippen LogP contribution is 2.44. The molecule has 3 N–H and O–H groups in total. The largest absolute Gasteiger partial charge is 0.490 e. The lowest BCUT2D eigenvalue weighted by Gasteiger charge is -2.25. The molecule has 2 aromatic heterocycles. The minimum Gasteiger partial charge on any atom is -0.490 e. The molecule has 2 fully saturated rings. The molecular weight excluding hydrogens is 400 g/mol. The van der Waals surface area contributed by atoms with Crippen LogP contribution in [0.1, 0.15) is 29.1 Å². The molecule has 1 unspecified atom stereocenters. The summed E-state index contributed by atoms with van der Waals surface area (Å²) >= 11 is 0. The van der Waals surface area contributed by atoms with E-state index in [4.69, 9.17) is 15.0 Å². The summed E-state index contributed by atoms with van der Waals surface area (Å²) in [5.74, 6) is 0.932. The zero-order valence-corrected chi connectivity index (χ0v) is 16.7. The third-order valence-corrected chi connectivity index (χ3v) is 6.41. The highest BCUT2D eigenvalue weighted by atomic mass is 16.5. The van der Waals surface area contributed by atoms with Crippen molar-refractivity contribution in [2.45, 2.75) is 31.4 Å². The van der Waals surface area contributed by atoms with Crippen LogP contribution in [0.4, 0.5) is 4.79 Å². The molecule has 2 amide bonds. The predicted molar refractivity (Wildman–Crippen MR) is 110 cm³/mol. The van der Waals surface area contributed by atoms with Crippen LogP contribution >= 0.6 is 0 Å². The molecule has 2 aliphatic rings. The van der Waals surface area contributed by atoms with Gasteiger partial charge >= 0.3 is 6.09 Å². The molecule has 0 spiro atoms. The molecule has 31 heavy (non-hydrogen) atoms. The number of likely N-dealkylation sites (tertiary alicyclic amines) is 1. The number of primary amides is 1. The number of rotatable bonds is 5. The van der Waals surface area contributed by atoms with Gasteiger partial charge in [-0.3, -0.25) is 9.78 Å². The number of nitrogens with zero attached hydrogens (tertiary/aromatic N) is 3. The van der Waals surface area contributed by atoms with E-state index in [0.29, 0.717) is 18.7 Å². The Bertz CT molecular complexity index is 1150. The van der Waals surface area contributed by atoms with Gasteiger partial charge in [-0.2, -0.15) is 0 Å². The van der Waals surface area contributed by atoms with Crippen LogP contribution in [0.3, 0.4) is 0 Å². The minimum atomic E-state index is -0.950. The van der Waals surface area contributed by atoms with E-state index in [-0.39, 0.29) is 29.7 Å². The number of carbonyl (C=O) groups is 2. The number of ether oxygens (including phenoxy) is 1. The maximum atomic E-state index is 11.8. The molecule has 4 atom stereocenters. The average molecular weight is 422 g/mol. The van der Waals surface area contributed by atoms with Gasteiger partial charge in [-0.1, -0.05) is 11.2 Å². The van der Waals surface area contributed by atoms with Gasteiger partial charge in [0.25, 0.3) is 5.91 Å². The molecule has 1 aliphatic carbocycles. The standard InChI is InChI=1S/C22H22N4O5/c23-21(27)19-8-17(31-25-19)9-20-18-7-16(6-14(18)11-26(20)22(28)29)30-15-2-1-12-3-4-24-10-13(12)5-15/h1-5,8,10,14,16,18,20H,6-7,9,11H2,(H2,23,27)(H,28,29)/t14-,16-,18-,20?/m0/s1. The van der Waals surface area contributed by atoms with E-state index in [0.717, 1.165) is 29.4 Å². The van der Waals surface area contributed by atoms with E-state index in [1.165, 1.54) is 11.0 Å². The van der Waals surface area contributed by atoms with Crippen LogP contribution in [0.2, 0.25) is 0 Å². The van der Waals surface area contributed by atoms with Crippen molar-refractivity contribution in [1.82, 2.24) is 15.0 Å². The smallest absolute Gasteiger partial charge is 0.407 e. The molecule has 3 heterocycles. The van der Waals surface area contributed by atoms with Gasteiger partial charge in [0.05, 0.1) is 6.10 Å². The molecule has 3 aromatic rings. The van der Waals surface area contributed by atoms with E-state index in [2.05, 4.69) is 10.1 Å². The number of carboxylic acid groups (broad SMARTS) is 1. The summed E-state index contributed by atoms with van der Waals surface area (Å²) in [5.41, 5.74) is 5.28. The Labute approximate surface area is 177 Å². The second-order valence-corrected chi connectivity index (χ2v) is 8.27. The van der Waals surface area contributed by atoms with Gasteiger partial charge in [-0.15, -0.1) is 0 Å². The Kier molecular flexibility index (Phi) is 4.72. The zero-order valence-electron chi connectivity index (χ0n) is 16.7. The monoisotopic (exact) mass is 422 g/mol. The summed E-state index contributed by atoms with van der Waals surface area (Å²) in [6.07, 6.45) is 4.52. The first-order valence-electron chi connectivity index (χ1n) is 10.2. The van der Waals surface area contributed by atoms with Gasteiger partial charge in [-0.05, 0) is 48.3 Å². The van der Waals surface area contributed by atoms with Gasteiger partial charge in [-0.25, -0.2) is 4.79 Å². The summed E-state index contributed by atoms with van der Waals surface area (Å²) in [4.78, 5) is 28.7. The lowest BCUT2D eigenvalue weighted by atomic mass is 9.91. The quantitative estimate of drug-likeness (QED) is 0.646. The Balaban J connectivity index is 1.31. The molecule has 1 aliphatic heterocycles. The van der Waals surface area contributed by atoms with Crippen molar-refractivity contribution in [2.75, 3.05) is 6.54 Å². The summed E-state index contributed by atoms with van der Waals surface area (Å²) in [6, 6.07) is 9.14. The number of fused-ring (bicyclic) bond motifs is 2. The van der Waals surface area contributed by atoms with Gasteiger partial charge in [0.2, 0.25) is 0 Å². The first-order chi connectivity index (χ1) is 15.0. The van der Waals surface area contributed by atoms with Crippen LogP contribution in [0, 0.1) is 11.8 Å². The predicted octanol–water partition coefficient (Wildman–Crippen LogP) is 2.70. The van der Waals surface area contributed by atoms with E-state index in [1.807, 2.05) is 30.5 Å². The van der Waals surface area contributed by atoms with Crippen LogP contribution in [-0.2, 0) is 6.42 Å². The van der Waals surface area contributed by atoms with E-state index >= 15 is 0 Å². The second-order valence-electron chi connectivity index (χ2n) is 8.27. The topological polar surface area (TPSA) is 132 Å². The lowest BCUT2D eigenvalue weighted by Crippen LogP contribution is -2.39. The normalized spacial score (nSPS) is 25.0. The number of hydrogen-bond donors (Lipinski definition) is 2. The third-order valence-electron chi connectivity index (χ3n) is 6.41. The third kappa shape index (κ3) is 3.67. The van der Waals surface area contributed by atoms with Gasteiger partial charge in [0, 0.05) is 42.9 Å². The first-order valence-corrected chi connectivity index (χ1v) is 10.2. The molecular formula is C22H22N4O5. The molecule has 9 nitrogen and oxygen atoms in total. The van der Waals surface area contributed by atoms with Crippen molar-refractivity contribution in [3.63, 3.8) is 0 Å². The van der Waals surface area contributed by atoms with Crippen LogP contribution in [0.25, 0.3) is 10.8 Å². The molecule has 160 valence electrons. The highest BCUT2D eigenvalue weighted by molar-refractivity contribution is 5.90. The summed E-state index contributed by atoms with van der Waals surface area (Å²) in [6.45, 7) is 0.461. The van der Waals surface area contributed by atoms with Crippen molar-refractivity contribution < 1.29 is 24.0 Å². The molecule has 1 saturated carbocycles. The fourth-order valence-electron chi connectivity index (χ4n) is 5.04. The molecule has 5 rings (SSSR count). The van der Waals surface area contributed by atoms with E-state index in [9.17, 15) is 14.7 Å². The maximum Gasteiger partial charge on any atom is 0.407 e. The van der Waals surface area contributed by atoms with Crippen molar-refractivity contribution >= 4 is 22.8 Å². The Hall–Kier alpha value is -3.62. The number of carbonyl (C=O) groups excluding carboxylic acids is 1. The number of nitrogens with two attached hydrogens (primary N) is 1. The van der Waals surface area contributed by atoms with Crippen LogP contribution in [0.15, 0.2) is 47.2 Å². The fourth-order valence-corrected chi connectivity index (χ4v) is 5.04. The van der Waals surface area contributed by atoms with Crippen LogP contribution < -0.4 is 10.5 Å². The van der Waals surface area contributed by atoms with E-state index < -0.39 is 12.0 Å². The summed E-state index contributed by atoms with van der Waals surface area (Å²) < 4.78 is 11.5. The molecule has 1 saturated heterocycles. The van der Waals surface area contributed by atoms with Crippen molar-refractivity contribution in [3.8, 4) is 5.75 Å². The molecule has 1 aromatic carbocycles. The van der Waals surface area contributed by atoms with Gasteiger partial charge in [0.1, 0.15) is 11.5 Å². The molecule has 0 bridgehead atoms. The lowest BCUT2D eigenvalue weighted by molar-refractivity contribution is 0.0991. The second kappa shape index (κ2) is 7.57. The Morgan fingerprint density at radius 1 is 1.23 bits per heavy atom. The number of benzene rings is 1. The number of amides is 2. The minimum absolute atomic E-state index is 0.0125. The number of aromatic nitrogens is 2. The zero-order chi connectivity index (χ0) is 21.5. The Morgan fingerprint density at radius 2 is 2.10 bits per heavy atom. The van der Waals surface area contributed by atoms with Gasteiger partial charge < -0.3 is 25.0 Å². The average Bonchev–Trinajstić information content (AvgIpc) is 3.44. The summed E-state index contributed by atoms with van der Waals surface area (Å²) in [5, 5.41) is 15.5. The van der Waals surface area contributed by atoms with E-state index in [1.54, 1.807) is 6.20 Å². The number of pyridine rings is 1. The maximum absolute atomic E-state index is 11.8. The number of hydrogen-bond acceptors (Lipinski definition) is 6. The van der Waals surface area contributed by atoms with Crippen molar-refractivity contribution in [1.29, 1.82) is 0 Å². The van der Waals surface area contributed by atoms with Crippen molar-refractivity contribution in [2.24, 2.45) is 17.6 Å². The summed E-state index contributed by atoms with van der Waals surface area (Å²) in [7, 11) is 0. The highest BCUT2D eigenvalue weighted by Gasteiger charge is 2.50.